The Morgan fingerprint density at radius 3 is 2.37 bits per heavy atom. The van der Waals surface area contributed by atoms with Crippen molar-refractivity contribution in [1.29, 1.82) is 0 Å². The van der Waals surface area contributed by atoms with Gasteiger partial charge in [-0.05, 0) is 29.9 Å². The van der Waals surface area contributed by atoms with Gasteiger partial charge in [0.05, 0.1) is 6.10 Å². The summed E-state index contributed by atoms with van der Waals surface area (Å²) < 4.78 is 0. The lowest BCUT2D eigenvalue weighted by atomic mass is 9.92. The fraction of sp³-hybridized carbons (Fsp3) is 0.765. The Morgan fingerprint density at radius 2 is 1.89 bits per heavy atom. The molecule has 19 heavy (non-hydrogen) atoms. The van der Waals surface area contributed by atoms with E-state index in [-0.39, 0.29) is 11.5 Å². The molecule has 0 saturated heterocycles. The normalized spacial score (nSPS) is 15.5. The van der Waals surface area contributed by atoms with Crippen LogP contribution in [-0.4, -0.2) is 5.11 Å². The van der Waals surface area contributed by atoms with Crippen molar-refractivity contribution in [1.82, 2.24) is 0 Å². The average Bonchev–Trinajstić information content (AvgIpc) is 2.83. The van der Waals surface area contributed by atoms with E-state index in [0.717, 1.165) is 11.3 Å². The Labute approximate surface area is 123 Å². The molecule has 0 fully saturated rings. The maximum atomic E-state index is 10.4. The largest absolute Gasteiger partial charge is 0.388 e. The monoisotopic (exact) mass is 282 g/mol. The van der Waals surface area contributed by atoms with Gasteiger partial charge < -0.3 is 5.11 Å². The summed E-state index contributed by atoms with van der Waals surface area (Å²) in [6.45, 7) is 11.2. The first-order chi connectivity index (χ1) is 8.88. The maximum Gasteiger partial charge on any atom is 0.0884 e. The summed E-state index contributed by atoms with van der Waals surface area (Å²) in [6, 6.07) is 4.29. The zero-order valence-electron chi connectivity index (χ0n) is 13.2. The Kier molecular flexibility index (Phi) is 6.55. The Balaban J connectivity index is 2.61. The highest BCUT2D eigenvalue weighted by molar-refractivity contribution is 7.12. The van der Waals surface area contributed by atoms with Crippen molar-refractivity contribution in [3.63, 3.8) is 0 Å². The van der Waals surface area contributed by atoms with Crippen LogP contribution in [0.3, 0.4) is 0 Å². The lowest BCUT2D eigenvalue weighted by Crippen LogP contribution is -2.08. The van der Waals surface area contributed by atoms with Crippen molar-refractivity contribution in [3.05, 3.63) is 21.9 Å². The molecule has 1 aromatic rings. The molecule has 0 aliphatic heterocycles. The van der Waals surface area contributed by atoms with Gasteiger partial charge >= 0.3 is 0 Å². The highest BCUT2D eigenvalue weighted by Gasteiger charge is 2.20. The molecule has 2 heteroatoms. The van der Waals surface area contributed by atoms with Crippen molar-refractivity contribution in [2.24, 2.45) is 5.92 Å². The van der Waals surface area contributed by atoms with E-state index >= 15 is 0 Å². The molecule has 0 aromatic carbocycles. The van der Waals surface area contributed by atoms with E-state index in [4.69, 9.17) is 0 Å². The fourth-order valence-electron chi connectivity index (χ4n) is 2.35. The second-order valence-corrected chi connectivity index (χ2v) is 7.74. The van der Waals surface area contributed by atoms with Gasteiger partial charge in [0.15, 0.2) is 0 Å². The molecule has 110 valence electrons. The van der Waals surface area contributed by atoms with Gasteiger partial charge in [0.1, 0.15) is 0 Å². The van der Waals surface area contributed by atoms with Crippen molar-refractivity contribution in [2.75, 3.05) is 0 Å². The molecule has 0 saturated carbocycles. The highest BCUT2D eigenvalue weighted by atomic mass is 32.1. The Morgan fingerprint density at radius 1 is 1.21 bits per heavy atom. The van der Waals surface area contributed by atoms with E-state index in [1.54, 1.807) is 11.3 Å². The number of thiophene rings is 1. The van der Waals surface area contributed by atoms with Crippen molar-refractivity contribution in [2.45, 2.75) is 78.2 Å². The third kappa shape index (κ3) is 5.27. The van der Waals surface area contributed by atoms with Gasteiger partial charge in [0, 0.05) is 9.75 Å². The van der Waals surface area contributed by atoms with Crippen LogP contribution in [0.1, 0.15) is 82.6 Å². The van der Waals surface area contributed by atoms with Crippen LogP contribution in [0.5, 0.6) is 0 Å². The van der Waals surface area contributed by atoms with Gasteiger partial charge in [-0.3, -0.25) is 0 Å². The van der Waals surface area contributed by atoms with E-state index < -0.39 is 0 Å². The van der Waals surface area contributed by atoms with Gasteiger partial charge in [0.25, 0.3) is 0 Å². The Hall–Kier alpha value is -0.340. The SMILES string of the molecule is CCCCC(CC)CC(O)c1ccc(C(C)(C)C)s1. The van der Waals surface area contributed by atoms with Crippen LogP contribution in [0.2, 0.25) is 0 Å². The van der Waals surface area contributed by atoms with Crippen LogP contribution in [0.4, 0.5) is 0 Å². The van der Waals surface area contributed by atoms with Crippen LogP contribution in [-0.2, 0) is 5.41 Å². The number of aliphatic hydroxyl groups is 1. The minimum Gasteiger partial charge on any atom is -0.388 e. The predicted octanol–water partition coefficient (Wildman–Crippen LogP) is 5.69. The zero-order chi connectivity index (χ0) is 14.5. The molecule has 2 unspecified atom stereocenters. The second kappa shape index (κ2) is 7.44. The highest BCUT2D eigenvalue weighted by Crippen LogP contribution is 2.35. The number of hydrogen-bond donors (Lipinski definition) is 1. The van der Waals surface area contributed by atoms with Gasteiger partial charge in [0.2, 0.25) is 0 Å². The summed E-state index contributed by atoms with van der Waals surface area (Å²) in [6.07, 6.45) is 5.60. The number of rotatable bonds is 7. The van der Waals surface area contributed by atoms with Crippen molar-refractivity contribution < 1.29 is 5.11 Å². The molecule has 1 aromatic heterocycles. The lowest BCUT2D eigenvalue weighted by Gasteiger charge is -2.18. The van der Waals surface area contributed by atoms with E-state index in [1.807, 2.05) is 0 Å². The molecule has 0 radical (unpaired) electrons. The summed E-state index contributed by atoms with van der Waals surface area (Å²) >= 11 is 1.77. The molecule has 1 heterocycles. The topological polar surface area (TPSA) is 20.2 Å². The first-order valence-corrected chi connectivity index (χ1v) is 8.48. The quantitative estimate of drug-likeness (QED) is 0.681. The molecule has 0 bridgehead atoms. The zero-order valence-corrected chi connectivity index (χ0v) is 14.0. The summed E-state index contributed by atoms with van der Waals surface area (Å²) in [5.74, 6) is 0.662. The van der Waals surface area contributed by atoms with E-state index in [0.29, 0.717) is 5.92 Å². The van der Waals surface area contributed by atoms with Gasteiger partial charge in [-0.15, -0.1) is 11.3 Å². The van der Waals surface area contributed by atoms with Crippen LogP contribution in [0, 0.1) is 5.92 Å². The fourth-order valence-corrected chi connectivity index (χ4v) is 3.41. The maximum absolute atomic E-state index is 10.4. The minimum atomic E-state index is -0.275. The van der Waals surface area contributed by atoms with Crippen LogP contribution >= 0.6 is 11.3 Å². The molecule has 0 amide bonds. The first-order valence-electron chi connectivity index (χ1n) is 7.66. The summed E-state index contributed by atoms with van der Waals surface area (Å²) in [4.78, 5) is 2.50. The molecular formula is C17H30OS. The standard InChI is InChI=1S/C17H30OS/c1-6-8-9-13(7-2)12-14(18)15-10-11-16(19-15)17(3,4)5/h10-11,13-14,18H,6-9,12H2,1-5H3. The summed E-state index contributed by atoms with van der Waals surface area (Å²) in [5, 5.41) is 10.4. The third-order valence-electron chi connectivity index (χ3n) is 3.79. The number of aliphatic hydroxyl groups excluding tert-OH is 1. The molecular weight excluding hydrogens is 252 g/mol. The van der Waals surface area contributed by atoms with Gasteiger partial charge in [-0.1, -0.05) is 60.3 Å². The number of unbranched alkanes of at least 4 members (excludes halogenated alkanes) is 1. The molecule has 1 nitrogen and oxygen atoms in total. The summed E-state index contributed by atoms with van der Waals surface area (Å²) in [5.41, 5.74) is 0.189. The molecule has 2 atom stereocenters. The van der Waals surface area contributed by atoms with Crippen molar-refractivity contribution in [3.8, 4) is 0 Å². The second-order valence-electron chi connectivity index (χ2n) is 6.62. The van der Waals surface area contributed by atoms with E-state index in [1.165, 1.54) is 30.6 Å². The van der Waals surface area contributed by atoms with Gasteiger partial charge in [-0.25, -0.2) is 0 Å². The molecule has 0 spiro atoms. The molecule has 1 N–H and O–H groups in total. The smallest absolute Gasteiger partial charge is 0.0884 e. The van der Waals surface area contributed by atoms with Crippen molar-refractivity contribution >= 4 is 11.3 Å². The average molecular weight is 282 g/mol. The molecule has 1 rings (SSSR count). The lowest BCUT2D eigenvalue weighted by molar-refractivity contribution is 0.142. The Bertz CT molecular complexity index is 362. The minimum absolute atomic E-state index is 0.189. The van der Waals surface area contributed by atoms with Gasteiger partial charge in [-0.2, -0.15) is 0 Å². The predicted molar refractivity (Wildman–Crippen MR) is 85.9 cm³/mol. The summed E-state index contributed by atoms with van der Waals surface area (Å²) in [7, 11) is 0. The molecule has 0 aliphatic rings. The third-order valence-corrected chi connectivity index (χ3v) is 5.41. The first kappa shape index (κ1) is 16.7. The van der Waals surface area contributed by atoms with Crippen LogP contribution in [0.25, 0.3) is 0 Å². The van der Waals surface area contributed by atoms with Crippen LogP contribution < -0.4 is 0 Å². The van der Waals surface area contributed by atoms with E-state index in [2.05, 4.69) is 46.8 Å². The number of hydrogen-bond acceptors (Lipinski definition) is 2. The van der Waals surface area contributed by atoms with Crippen LogP contribution in [0.15, 0.2) is 12.1 Å². The van der Waals surface area contributed by atoms with E-state index in [9.17, 15) is 5.11 Å². The molecule has 0 aliphatic carbocycles.